The molecule has 16 nitrogen and oxygen atoms in total. The molecular formula is C62H63N5O11. The number of anilines is 1. The maximum absolute atomic E-state index is 17.0. The number of benzene rings is 5. The molecule has 5 aromatic rings. The molecule has 0 saturated carbocycles. The molecule has 1 spiro atoms. The largest absolute Gasteiger partial charge is 0.491 e. The Morgan fingerprint density at radius 2 is 1.55 bits per heavy atom. The number of hydrogen-bond donors (Lipinski definition) is 2. The van der Waals surface area contributed by atoms with Gasteiger partial charge in [-0.2, -0.15) is 0 Å². The van der Waals surface area contributed by atoms with Gasteiger partial charge in [-0.1, -0.05) is 111 Å². The number of methoxy groups -OCH3 is 1. The molecule has 5 aliphatic heterocycles. The number of hydrogen-bond acceptors (Lipinski definition) is 13. The van der Waals surface area contributed by atoms with Crippen molar-refractivity contribution in [3.8, 4) is 29.1 Å². The Kier molecular flexibility index (Phi) is 14.8. The number of piperazine rings is 1. The molecule has 402 valence electrons. The van der Waals surface area contributed by atoms with Gasteiger partial charge in [0, 0.05) is 38.3 Å². The van der Waals surface area contributed by atoms with Crippen LogP contribution in [0.5, 0.6) is 17.2 Å². The summed E-state index contributed by atoms with van der Waals surface area (Å²) in [5.41, 5.74) is 2.88. The van der Waals surface area contributed by atoms with Gasteiger partial charge in [0.05, 0.1) is 37.4 Å². The number of amides is 4. The number of carbonyl (C=O) groups excluding carboxylic acids is 5. The molecule has 11 rings (SSSR count). The highest BCUT2D eigenvalue weighted by Crippen LogP contribution is 2.66. The van der Waals surface area contributed by atoms with Gasteiger partial charge in [-0.25, -0.2) is 14.5 Å². The van der Waals surface area contributed by atoms with Crippen LogP contribution in [0.15, 0.2) is 133 Å². The SMILES string of the molecule is COC(=O)C(NC(=O)N1C(=O)C2(c3cc(C#CC4=CCCCC4)ccc31)C(C(=O)N1CCN(Cc3ccc4c(c3)OCO4)CC1)C1C(=O)OC(c3ccccc3)C(c3ccccc3)N1C2c1cccc(OCCO)c1)C(C)C. The highest BCUT2D eigenvalue weighted by atomic mass is 16.7. The van der Waals surface area contributed by atoms with Gasteiger partial charge < -0.3 is 39.0 Å². The number of ether oxygens (including phenoxy) is 5. The van der Waals surface area contributed by atoms with Crippen LogP contribution in [0.3, 0.4) is 0 Å². The number of cyclic esters (lactones) is 1. The second kappa shape index (κ2) is 22.2. The second-order valence-electron chi connectivity index (χ2n) is 21.0. The summed E-state index contributed by atoms with van der Waals surface area (Å²) in [7, 11) is 1.23. The zero-order chi connectivity index (χ0) is 54.1. The molecule has 4 amide bonds. The Morgan fingerprint density at radius 1 is 0.808 bits per heavy atom. The van der Waals surface area contributed by atoms with Crippen molar-refractivity contribution in [2.24, 2.45) is 11.8 Å². The van der Waals surface area contributed by atoms with E-state index in [2.05, 4.69) is 28.1 Å². The third-order valence-corrected chi connectivity index (χ3v) is 16.0. The van der Waals surface area contributed by atoms with Crippen molar-refractivity contribution in [1.82, 2.24) is 20.0 Å². The lowest BCUT2D eigenvalue weighted by atomic mass is 9.64. The van der Waals surface area contributed by atoms with Crippen molar-refractivity contribution in [2.75, 3.05) is 58.2 Å². The Balaban J connectivity index is 1.13. The highest BCUT2D eigenvalue weighted by molar-refractivity contribution is 6.25. The van der Waals surface area contributed by atoms with Crippen LogP contribution in [-0.4, -0.2) is 115 Å². The normalized spacial score (nSPS) is 23.9. The number of esters is 2. The summed E-state index contributed by atoms with van der Waals surface area (Å²) < 4.78 is 29.2. The number of rotatable bonds is 12. The lowest BCUT2D eigenvalue weighted by Gasteiger charge is -2.46. The van der Waals surface area contributed by atoms with E-state index in [9.17, 15) is 9.90 Å². The van der Waals surface area contributed by atoms with Gasteiger partial charge in [0.2, 0.25) is 18.6 Å². The first kappa shape index (κ1) is 52.1. The molecule has 0 radical (unpaired) electrons. The molecule has 0 aromatic heterocycles. The lowest BCUT2D eigenvalue weighted by Crippen LogP contribution is -2.59. The number of aliphatic hydroxyl groups excluding tert-OH is 1. The fourth-order valence-electron chi connectivity index (χ4n) is 12.5. The van der Waals surface area contributed by atoms with Crippen LogP contribution >= 0.6 is 0 Å². The molecule has 0 bridgehead atoms. The second-order valence-corrected chi connectivity index (χ2v) is 21.0. The van der Waals surface area contributed by atoms with Gasteiger partial charge in [0.25, 0.3) is 0 Å². The van der Waals surface area contributed by atoms with Crippen molar-refractivity contribution >= 4 is 35.5 Å². The number of nitrogens with one attached hydrogen (secondary N) is 1. The number of fused-ring (bicyclic) bond motifs is 4. The average molecular weight is 1050 g/mol. The van der Waals surface area contributed by atoms with E-state index in [1.807, 2.05) is 89.8 Å². The Labute approximate surface area is 453 Å². The van der Waals surface area contributed by atoms with Crippen LogP contribution in [0.1, 0.15) is 91.1 Å². The monoisotopic (exact) mass is 1050 g/mol. The van der Waals surface area contributed by atoms with E-state index < -0.39 is 77.3 Å². The lowest BCUT2D eigenvalue weighted by molar-refractivity contribution is -0.179. The highest BCUT2D eigenvalue weighted by Gasteiger charge is 2.76. The molecule has 7 atom stereocenters. The minimum atomic E-state index is -2.08. The molecule has 6 aliphatic rings. The van der Waals surface area contributed by atoms with E-state index in [0.717, 1.165) is 47.3 Å². The van der Waals surface area contributed by atoms with Crippen LogP contribution in [0, 0.1) is 23.7 Å². The summed E-state index contributed by atoms with van der Waals surface area (Å²) in [5.74, 6) is 3.84. The molecule has 7 unspecified atom stereocenters. The average Bonchev–Trinajstić information content (AvgIpc) is 4.31. The minimum Gasteiger partial charge on any atom is -0.491 e. The standard InChI is InChI=1S/C62H63N5O11/c1-39(2)52(58(70)74-3)63-61(73)66-48-26-24-41(23-22-40-14-7-4-8-15-40)34-47(48)62(60(66)72)51(57(69)65-30-28-64(29-31-65)37-42-25-27-49-50(35-42)77-38-76-49)54-59(71)78-55(44-18-11-6-12-19-44)53(43-16-9-5-10-17-43)67(54)56(62)45-20-13-21-46(36-45)75-33-32-68/h5-6,9-14,16-21,24-27,34-36,39,51-56,68H,4,7-8,15,28-33,37-38H2,1-3H3,(H,63,73). The minimum absolute atomic E-state index is 0.0339. The van der Waals surface area contributed by atoms with Gasteiger partial charge in [-0.05, 0) is 107 Å². The van der Waals surface area contributed by atoms with Crippen LogP contribution in [-0.2, 0) is 40.6 Å². The predicted molar refractivity (Wildman–Crippen MR) is 288 cm³/mol. The Bertz CT molecular complexity index is 3200. The van der Waals surface area contributed by atoms with Crippen LogP contribution in [0.4, 0.5) is 10.5 Å². The molecule has 3 fully saturated rings. The molecule has 78 heavy (non-hydrogen) atoms. The summed E-state index contributed by atoms with van der Waals surface area (Å²) in [6.07, 6.45) is 5.03. The van der Waals surface area contributed by atoms with E-state index in [1.165, 1.54) is 7.11 Å². The number of carbonyl (C=O) groups is 5. The summed E-state index contributed by atoms with van der Waals surface area (Å²) in [5, 5.41) is 12.8. The molecule has 1 aliphatic carbocycles. The zero-order valence-electron chi connectivity index (χ0n) is 44.0. The number of urea groups is 1. The van der Waals surface area contributed by atoms with Crippen molar-refractivity contribution < 1.29 is 52.8 Å². The summed E-state index contributed by atoms with van der Waals surface area (Å²) in [6.45, 7) is 5.38. The fraction of sp³-hybridized carbons (Fsp3) is 0.371. The topological polar surface area (TPSA) is 177 Å². The van der Waals surface area contributed by atoms with Crippen molar-refractivity contribution in [1.29, 1.82) is 0 Å². The van der Waals surface area contributed by atoms with Gasteiger partial charge in [0.1, 0.15) is 36.0 Å². The molecular weight excluding hydrogens is 991 g/mol. The van der Waals surface area contributed by atoms with Gasteiger partial charge >= 0.3 is 18.0 Å². The first-order valence-electron chi connectivity index (χ1n) is 26.9. The maximum atomic E-state index is 17.0. The third kappa shape index (κ3) is 9.54. The number of aliphatic hydroxyl groups is 1. The van der Waals surface area contributed by atoms with Crippen LogP contribution in [0.25, 0.3) is 0 Å². The molecule has 3 saturated heterocycles. The Morgan fingerprint density at radius 3 is 2.27 bits per heavy atom. The first-order chi connectivity index (χ1) is 38.0. The number of imide groups is 1. The number of morpholine rings is 1. The summed E-state index contributed by atoms with van der Waals surface area (Å²) in [6, 6.07) is 31.8. The third-order valence-electron chi connectivity index (χ3n) is 16.0. The molecule has 16 heteroatoms. The van der Waals surface area contributed by atoms with Crippen molar-refractivity contribution in [2.45, 2.75) is 81.8 Å². The van der Waals surface area contributed by atoms with E-state index in [4.69, 9.17) is 23.7 Å². The molecule has 5 heterocycles. The van der Waals surface area contributed by atoms with Crippen LogP contribution in [0.2, 0.25) is 0 Å². The first-order valence-corrected chi connectivity index (χ1v) is 26.9. The Hall–Kier alpha value is -7.97. The molecule has 2 N–H and O–H groups in total. The van der Waals surface area contributed by atoms with Gasteiger partial charge in [-0.3, -0.25) is 24.2 Å². The summed E-state index contributed by atoms with van der Waals surface area (Å²) >= 11 is 0. The van der Waals surface area contributed by atoms with E-state index in [1.54, 1.807) is 55.1 Å². The quantitative estimate of drug-likeness (QED) is 0.0926. The number of nitrogens with zero attached hydrogens (tertiary/aromatic N) is 4. The van der Waals surface area contributed by atoms with Gasteiger partial charge in [-0.15, -0.1) is 0 Å². The van der Waals surface area contributed by atoms with E-state index >= 15 is 19.2 Å². The van der Waals surface area contributed by atoms with E-state index in [0.29, 0.717) is 59.1 Å². The van der Waals surface area contributed by atoms with Crippen LogP contribution < -0.4 is 24.4 Å². The maximum Gasteiger partial charge on any atom is 0.329 e. The predicted octanol–water partition coefficient (Wildman–Crippen LogP) is 7.56. The van der Waals surface area contributed by atoms with Crippen molar-refractivity contribution in [3.63, 3.8) is 0 Å². The zero-order valence-corrected chi connectivity index (χ0v) is 44.0. The molecule has 5 aromatic carbocycles. The van der Waals surface area contributed by atoms with Crippen molar-refractivity contribution in [3.05, 3.63) is 166 Å². The number of allylic oxidation sites excluding steroid dienone is 2. The smallest absolute Gasteiger partial charge is 0.329 e. The summed E-state index contributed by atoms with van der Waals surface area (Å²) in [4.78, 5) is 85.1. The van der Waals surface area contributed by atoms with E-state index in [-0.39, 0.29) is 38.8 Å². The fourth-order valence-corrected chi connectivity index (χ4v) is 12.5. The van der Waals surface area contributed by atoms with Gasteiger partial charge in [0.15, 0.2) is 11.5 Å².